The van der Waals surface area contributed by atoms with Crippen molar-refractivity contribution in [1.29, 1.82) is 0 Å². The van der Waals surface area contributed by atoms with Gasteiger partial charge in [-0.1, -0.05) is 40.0 Å². The van der Waals surface area contributed by atoms with Crippen molar-refractivity contribution in [3.8, 4) is 0 Å². The topological polar surface area (TPSA) is 86.2 Å². The van der Waals surface area contributed by atoms with Crippen molar-refractivity contribution in [3.05, 3.63) is 0 Å². The quantitative estimate of drug-likeness (QED) is 0.562. The molecule has 0 saturated heterocycles. The van der Waals surface area contributed by atoms with Gasteiger partial charge in [0.05, 0.1) is 0 Å². The maximum Gasteiger partial charge on any atom is 3.00 e. The Kier molecular flexibility index (Phi) is 47.2. The molecule has 0 fully saturated rings. The molecule has 0 N–H and O–H groups in total. The molecule has 0 aliphatic heterocycles. The van der Waals surface area contributed by atoms with Crippen molar-refractivity contribution in [2.45, 2.75) is 46.5 Å². The van der Waals surface area contributed by atoms with Crippen molar-refractivity contribution in [1.82, 2.24) is 0 Å². The van der Waals surface area contributed by atoms with E-state index in [9.17, 15) is 20.1 Å². The third-order valence-electron chi connectivity index (χ3n) is 0.862. The zero-order valence-electron chi connectivity index (χ0n) is 9.95. The summed E-state index contributed by atoms with van der Waals surface area (Å²) in [7, 11) is 0. The van der Waals surface area contributed by atoms with E-state index in [1.807, 2.05) is 13.8 Å². The molecule has 0 atom stereocenters. The van der Waals surface area contributed by atoms with Crippen LogP contribution in [0.3, 0.4) is 0 Å². The van der Waals surface area contributed by atoms with Gasteiger partial charge in [-0.2, -0.15) is 0 Å². The van der Waals surface area contributed by atoms with Gasteiger partial charge in [-0.05, 0) is 6.42 Å². The van der Waals surface area contributed by atoms with Crippen LogP contribution in [0.5, 0.6) is 0 Å². The van der Waals surface area contributed by atoms with E-state index in [0.29, 0.717) is 6.42 Å². The Labute approximate surface area is 103 Å². The molecule has 4 nitrogen and oxygen atoms in total. The molecule has 0 radical (unpaired) electrons. The first-order valence-electron chi connectivity index (χ1n) is 4.96. The zero-order chi connectivity index (χ0) is 11.8. The fourth-order valence-electron chi connectivity index (χ4n) is 0.204. The van der Waals surface area contributed by atoms with E-state index < -0.39 is 5.97 Å². The maximum absolute atomic E-state index is 9.49. The molecule has 88 valence electrons. The molecular weight excluding hydrogens is 211 g/mol. The summed E-state index contributed by atoms with van der Waals surface area (Å²) in [5.74, 6) is -0.961. The van der Waals surface area contributed by atoms with E-state index >= 15 is 0 Å². The van der Waals surface area contributed by atoms with Crippen molar-refractivity contribution in [2.24, 2.45) is 0 Å². The second-order valence-corrected chi connectivity index (χ2v) is 2.53. The molecule has 0 aromatic rings. The van der Waals surface area contributed by atoms with Crippen LogP contribution < -0.4 is 15.3 Å². The Morgan fingerprint density at radius 1 is 0.933 bits per heavy atom. The largest absolute Gasteiger partial charge is 3.00 e. The van der Waals surface area contributed by atoms with Gasteiger partial charge >= 0.3 is 17.4 Å². The Balaban J connectivity index is -0.0000000606. The molecule has 0 amide bonds. The van der Waals surface area contributed by atoms with E-state index in [4.69, 9.17) is 0 Å². The Hall–Kier alpha value is -0.0775. The molecule has 0 aliphatic carbocycles. The summed E-state index contributed by atoms with van der Waals surface area (Å²) in [6.07, 6.45) is 2.38. The zero-order valence-corrected chi connectivity index (χ0v) is 11.1. The van der Waals surface area contributed by atoms with Crippen LogP contribution >= 0.6 is 0 Å². The number of carboxylic acid groups (broad SMARTS) is 1. The summed E-state index contributed by atoms with van der Waals surface area (Å²) in [5, 5.41) is 28.1. The van der Waals surface area contributed by atoms with Gasteiger partial charge in [0.1, 0.15) is 0 Å². The van der Waals surface area contributed by atoms with Crippen LogP contribution in [-0.4, -0.2) is 36.5 Å². The maximum atomic E-state index is 9.49. The van der Waals surface area contributed by atoms with Crippen LogP contribution in [0.15, 0.2) is 0 Å². The van der Waals surface area contributed by atoms with Gasteiger partial charge in [-0.15, -0.1) is 13.2 Å². The number of carbonyl (C=O) groups is 1. The van der Waals surface area contributed by atoms with Crippen molar-refractivity contribution >= 4 is 23.3 Å². The number of hydrogen-bond donors (Lipinski definition) is 0. The summed E-state index contributed by atoms with van der Waals surface area (Å²) >= 11 is 0. The van der Waals surface area contributed by atoms with Crippen molar-refractivity contribution < 1.29 is 20.1 Å². The number of hydrogen-bond acceptors (Lipinski definition) is 4. The average molecular weight is 232 g/mol. The third-order valence-corrected chi connectivity index (χ3v) is 0.862. The second-order valence-electron chi connectivity index (χ2n) is 2.53. The van der Waals surface area contributed by atoms with E-state index in [1.54, 1.807) is 6.92 Å². The summed E-state index contributed by atoms with van der Waals surface area (Å²) in [6.45, 7) is 5.68. The SMILES string of the molecule is CCCC(=O)[O-].CCC[O-].CCC[O-].[Al+3]. The van der Waals surface area contributed by atoms with Crippen LogP contribution in [0.1, 0.15) is 46.5 Å². The van der Waals surface area contributed by atoms with Gasteiger partial charge in [-0.3, -0.25) is 0 Å². The average Bonchev–Trinajstić information content (AvgIpc) is 2.18. The van der Waals surface area contributed by atoms with Crippen LogP contribution in [-0.2, 0) is 4.79 Å². The fraction of sp³-hybridized carbons (Fsp3) is 0.900. The summed E-state index contributed by atoms with van der Waals surface area (Å²) in [4.78, 5) is 9.49. The molecule has 15 heavy (non-hydrogen) atoms. The summed E-state index contributed by atoms with van der Waals surface area (Å²) in [6, 6.07) is 0. The first-order chi connectivity index (χ1) is 6.60. The second kappa shape index (κ2) is 29.2. The van der Waals surface area contributed by atoms with Crippen LogP contribution in [0, 0.1) is 0 Å². The van der Waals surface area contributed by atoms with E-state index in [0.717, 1.165) is 12.8 Å². The van der Waals surface area contributed by atoms with Gasteiger partial charge in [0.2, 0.25) is 0 Å². The van der Waals surface area contributed by atoms with Gasteiger partial charge < -0.3 is 20.1 Å². The summed E-state index contributed by atoms with van der Waals surface area (Å²) < 4.78 is 0. The van der Waals surface area contributed by atoms with E-state index in [2.05, 4.69) is 0 Å². The van der Waals surface area contributed by atoms with Gasteiger partial charge in [0, 0.05) is 5.97 Å². The van der Waals surface area contributed by atoms with E-state index in [-0.39, 0.29) is 37.0 Å². The Morgan fingerprint density at radius 3 is 1.20 bits per heavy atom. The number of aliphatic carboxylic acids is 1. The molecule has 0 aromatic heterocycles. The first kappa shape index (κ1) is 24.2. The first-order valence-corrected chi connectivity index (χ1v) is 4.96. The smallest absolute Gasteiger partial charge is 0.854 e. The molecule has 0 spiro atoms. The molecule has 0 aromatic carbocycles. The van der Waals surface area contributed by atoms with Gasteiger partial charge in [-0.25, -0.2) is 0 Å². The Bertz CT molecular complexity index is 91.4. The van der Waals surface area contributed by atoms with Crippen molar-refractivity contribution in [2.75, 3.05) is 13.2 Å². The minimum absolute atomic E-state index is 0. The third kappa shape index (κ3) is 81.7. The molecule has 0 heterocycles. The molecular formula is C10H21AlO4. The number of carbonyl (C=O) groups excluding carboxylic acids is 1. The monoisotopic (exact) mass is 232 g/mol. The van der Waals surface area contributed by atoms with Crippen LogP contribution in [0.25, 0.3) is 0 Å². The number of rotatable bonds is 4. The predicted octanol–water partition coefficient (Wildman–Crippen LogP) is -1.33. The predicted molar refractivity (Wildman–Crippen MR) is 56.0 cm³/mol. The number of carboxylic acids is 1. The normalized spacial score (nSPS) is 7.27. The molecule has 0 saturated carbocycles. The van der Waals surface area contributed by atoms with Crippen molar-refractivity contribution in [3.63, 3.8) is 0 Å². The fourth-order valence-corrected chi connectivity index (χ4v) is 0.204. The van der Waals surface area contributed by atoms with Crippen LogP contribution in [0.2, 0.25) is 0 Å². The molecule has 5 heteroatoms. The minimum atomic E-state index is -0.961. The van der Waals surface area contributed by atoms with Crippen LogP contribution in [0.4, 0.5) is 0 Å². The van der Waals surface area contributed by atoms with E-state index in [1.165, 1.54) is 0 Å². The minimum Gasteiger partial charge on any atom is -0.854 e. The Morgan fingerprint density at radius 2 is 1.20 bits per heavy atom. The molecule has 0 rings (SSSR count). The molecule has 0 unspecified atom stereocenters. The van der Waals surface area contributed by atoms with Gasteiger partial charge in [0.25, 0.3) is 0 Å². The molecule has 0 aliphatic rings. The van der Waals surface area contributed by atoms with Gasteiger partial charge in [0.15, 0.2) is 0 Å². The summed E-state index contributed by atoms with van der Waals surface area (Å²) in [5.41, 5.74) is 0. The standard InChI is InChI=1S/C4H8O2.2C3H7O.Al/c1-2-3-4(5)6;2*1-2-3-4;/h2-3H2,1H3,(H,5,6);2*2-3H2,1H3;/q;2*-1;+3/p-1. The molecule has 0 bridgehead atoms.